The number of rotatable bonds is 5. The molecule has 0 saturated carbocycles. The fourth-order valence-electron chi connectivity index (χ4n) is 3.04. The van der Waals surface area contributed by atoms with Crippen molar-refractivity contribution in [3.8, 4) is 0 Å². The van der Waals surface area contributed by atoms with Gasteiger partial charge in [-0.3, -0.25) is 4.79 Å². The van der Waals surface area contributed by atoms with E-state index in [2.05, 4.69) is 30.0 Å². The van der Waals surface area contributed by atoms with E-state index >= 15 is 0 Å². The minimum atomic E-state index is -0.725. The number of aromatic nitrogens is 3. The Kier molecular flexibility index (Phi) is 9.10. The van der Waals surface area contributed by atoms with Crippen molar-refractivity contribution in [1.29, 1.82) is 0 Å². The van der Waals surface area contributed by atoms with E-state index in [4.69, 9.17) is 11.5 Å². The summed E-state index contributed by atoms with van der Waals surface area (Å²) in [5.41, 5.74) is 10.7. The van der Waals surface area contributed by atoms with Gasteiger partial charge in [-0.2, -0.15) is 4.98 Å². The van der Waals surface area contributed by atoms with Crippen LogP contribution < -0.4 is 21.7 Å². The van der Waals surface area contributed by atoms with E-state index in [-0.39, 0.29) is 11.5 Å². The highest BCUT2D eigenvalue weighted by molar-refractivity contribution is 5.96. The van der Waals surface area contributed by atoms with Crippen molar-refractivity contribution in [2.45, 2.75) is 45.6 Å². The molecule has 5 N–H and O–H groups in total. The number of hydrogen-bond acceptors (Lipinski definition) is 10. The molecule has 0 spiro atoms. The monoisotopic (exact) mass is 473 g/mol. The van der Waals surface area contributed by atoms with E-state index in [1.54, 1.807) is 45.0 Å². The zero-order chi connectivity index (χ0) is 25.3. The van der Waals surface area contributed by atoms with Crippen LogP contribution in [0.2, 0.25) is 0 Å². The van der Waals surface area contributed by atoms with Crippen LogP contribution in [0.4, 0.5) is 22.2 Å². The molecule has 0 bridgehead atoms. The smallest absolute Gasteiger partial charge is 0.405 e. The predicted molar refractivity (Wildman–Crippen MR) is 126 cm³/mol. The molecule has 12 nitrogen and oxygen atoms in total. The maximum atomic E-state index is 11.6. The predicted octanol–water partition coefficient (Wildman–Crippen LogP) is 2.37. The molecule has 2 amide bonds. The topological polar surface area (TPSA) is 176 Å². The normalized spacial score (nSPS) is 13.2. The largest absolute Gasteiger partial charge is 0.465 e. The molecule has 0 atom stereocenters. The molecule has 0 unspecified atom stereocenters. The lowest BCUT2D eigenvalue weighted by Crippen LogP contribution is -2.32. The molecule has 1 fully saturated rings. The summed E-state index contributed by atoms with van der Waals surface area (Å²) in [4.78, 5) is 39.6. The molecule has 1 aliphatic heterocycles. The number of primary amides is 2. The van der Waals surface area contributed by atoms with Crippen LogP contribution in [0.1, 0.15) is 60.9 Å². The van der Waals surface area contributed by atoms with Crippen LogP contribution in [0.5, 0.6) is 0 Å². The number of carbonyl (C=O) groups is 3. The molecule has 1 aromatic heterocycles. The van der Waals surface area contributed by atoms with Crippen LogP contribution in [0.25, 0.3) is 0 Å². The summed E-state index contributed by atoms with van der Waals surface area (Å²) in [6.07, 6.45) is 2.59. The van der Waals surface area contributed by atoms with E-state index in [0.717, 1.165) is 25.9 Å². The minimum Gasteiger partial charge on any atom is -0.465 e. The van der Waals surface area contributed by atoms with Gasteiger partial charge in [0.15, 0.2) is 11.5 Å². The molecule has 184 valence electrons. The summed E-state index contributed by atoms with van der Waals surface area (Å²) in [6.45, 7) is 6.99. The van der Waals surface area contributed by atoms with Gasteiger partial charge in [-0.15, -0.1) is 10.2 Å². The van der Waals surface area contributed by atoms with Crippen LogP contribution >= 0.6 is 0 Å². The lowest BCUT2D eigenvalue weighted by Gasteiger charge is -2.26. The molecule has 3 rings (SSSR count). The minimum absolute atomic E-state index is 0.0391. The maximum Gasteiger partial charge on any atom is 0.405 e. The molecule has 0 aliphatic carbocycles. The first-order valence-electron chi connectivity index (χ1n) is 10.7. The van der Waals surface area contributed by atoms with E-state index in [0.29, 0.717) is 17.2 Å². The number of benzene rings is 1. The first-order chi connectivity index (χ1) is 16.0. The number of hydrogen-bond donors (Lipinski definition) is 3. The lowest BCUT2D eigenvalue weighted by atomic mass is 10.1. The van der Waals surface area contributed by atoms with Gasteiger partial charge in [-0.1, -0.05) is 0 Å². The third-order valence-corrected chi connectivity index (χ3v) is 4.52. The van der Waals surface area contributed by atoms with Gasteiger partial charge in [0, 0.05) is 18.8 Å². The van der Waals surface area contributed by atoms with Gasteiger partial charge in [0.05, 0.1) is 12.7 Å². The summed E-state index contributed by atoms with van der Waals surface area (Å²) in [6, 6.07) is 6.58. The van der Waals surface area contributed by atoms with Crippen LogP contribution in [0, 0.1) is 0 Å². The van der Waals surface area contributed by atoms with E-state index in [9.17, 15) is 14.4 Å². The molecule has 12 heteroatoms. The Hall–Kier alpha value is -3.96. The molecule has 34 heavy (non-hydrogen) atoms. The number of anilines is 3. The van der Waals surface area contributed by atoms with E-state index in [1.165, 1.54) is 13.5 Å². The zero-order valence-electron chi connectivity index (χ0n) is 19.8. The van der Waals surface area contributed by atoms with Gasteiger partial charge >= 0.3 is 12.1 Å². The summed E-state index contributed by atoms with van der Waals surface area (Å²) in [7, 11) is 1.32. The molecular weight excluding hydrogens is 442 g/mol. The molecule has 0 radical (unpaired) electrons. The van der Waals surface area contributed by atoms with Crippen molar-refractivity contribution in [2.75, 3.05) is 30.4 Å². The summed E-state index contributed by atoms with van der Waals surface area (Å²) in [5.74, 6) is -0.448. The van der Waals surface area contributed by atoms with Crippen molar-refractivity contribution in [3.63, 3.8) is 0 Å². The number of ether oxygens (including phenoxy) is 2. The highest BCUT2D eigenvalue weighted by Crippen LogP contribution is 2.22. The van der Waals surface area contributed by atoms with Gasteiger partial charge in [-0.25, -0.2) is 9.59 Å². The summed E-state index contributed by atoms with van der Waals surface area (Å²) >= 11 is 0. The Morgan fingerprint density at radius 2 is 1.62 bits per heavy atom. The number of nitrogens with two attached hydrogens (primary N) is 2. The molecule has 2 aromatic rings. The Balaban J connectivity index is 0.000000440. The first-order valence-corrected chi connectivity index (χ1v) is 10.7. The Bertz CT molecular complexity index is 1000. The van der Waals surface area contributed by atoms with Gasteiger partial charge in [0.1, 0.15) is 5.60 Å². The summed E-state index contributed by atoms with van der Waals surface area (Å²) in [5, 5.41) is 11.0. The van der Waals surface area contributed by atoms with Gasteiger partial charge in [0.25, 0.3) is 5.91 Å². The molecule has 1 aliphatic rings. The number of carbonyl (C=O) groups excluding carboxylic acids is 3. The highest BCUT2D eigenvalue weighted by atomic mass is 16.6. The number of nitrogens with zero attached hydrogens (tertiary/aromatic N) is 4. The van der Waals surface area contributed by atoms with Crippen LogP contribution in [0.15, 0.2) is 24.3 Å². The fraction of sp³-hybridized carbons (Fsp3) is 0.455. The molecular formula is C22H31N7O5. The highest BCUT2D eigenvalue weighted by Gasteiger charge is 2.19. The quantitative estimate of drug-likeness (QED) is 0.546. The standard InChI is InChI=1S/C17H20N6O3.C5H11NO2/c1-26-16(25)11-5-7-12(8-6-11)19-15-13(14(18)24)21-22-17(20-15)23-9-3-2-4-10-23;1-5(2,3)8-4(6)7/h5-8H,2-4,9-10H2,1H3,(H2,18,24)(H,19,20,22);1-3H3,(H2,6,7). The maximum absolute atomic E-state index is 11.6. The molecule has 2 heterocycles. The van der Waals surface area contributed by atoms with Crippen molar-refractivity contribution >= 4 is 35.4 Å². The van der Waals surface area contributed by atoms with E-state index < -0.39 is 23.6 Å². The van der Waals surface area contributed by atoms with Crippen LogP contribution in [-0.4, -0.2) is 59.0 Å². The number of esters is 1. The zero-order valence-corrected chi connectivity index (χ0v) is 19.8. The second-order valence-electron chi connectivity index (χ2n) is 8.45. The van der Waals surface area contributed by atoms with Crippen LogP contribution in [0.3, 0.4) is 0 Å². The SMILES string of the molecule is CC(C)(C)OC(N)=O.COC(=O)c1ccc(Nc2nc(N3CCCCC3)nnc2C(N)=O)cc1. The average molecular weight is 474 g/mol. The molecule has 1 saturated heterocycles. The van der Waals surface area contributed by atoms with Gasteiger partial charge < -0.3 is 31.2 Å². The fourth-order valence-corrected chi connectivity index (χ4v) is 3.04. The Labute approximate surface area is 198 Å². The average Bonchev–Trinajstić information content (AvgIpc) is 2.78. The number of piperidine rings is 1. The second kappa shape index (κ2) is 11.8. The van der Waals surface area contributed by atoms with Crippen molar-refractivity contribution in [2.24, 2.45) is 11.5 Å². The number of methoxy groups -OCH3 is 1. The van der Waals surface area contributed by atoms with Gasteiger partial charge in [0.2, 0.25) is 5.95 Å². The van der Waals surface area contributed by atoms with E-state index in [1.807, 2.05) is 4.90 Å². The van der Waals surface area contributed by atoms with Crippen molar-refractivity contribution < 1.29 is 23.9 Å². The van der Waals surface area contributed by atoms with Crippen LogP contribution in [-0.2, 0) is 9.47 Å². The molecule has 1 aromatic carbocycles. The summed E-state index contributed by atoms with van der Waals surface area (Å²) < 4.78 is 9.25. The lowest BCUT2D eigenvalue weighted by molar-refractivity contribution is 0.0590. The third kappa shape index (κ3) is 8.19. The van der Waals surface area contributed by atoms with Gasteiger partial charge in [-0.05, 0) is 64.3 Å². The third-order valence-electron chi connectivity index (χ3n) is 4.52. The number of nitrogens with one attached hydrogen (secondary N) is 1. The Morgan fingerprint density at radius 3 is 2.09 bits per heavy atom. The second-order valence-corrected chi connectivity index (χ2v) is 8.45. The van der Waals surface area contributed by atoms with Crippen molar-refractivity contribution in [3.05, 3.63) is 35.5 Å². The van der Waals surface area contributed by atoms with Crippen molar-refractivity contribution in [1.82, 2.24) is 15.2 Å². The number of amides is 2. The first kappa shape index (κ1) is 26.3. The Morgan fingerprint density at radius 1 is 1.00 bits per heavy atom.